The fourth-order valence-corrected chi connectivity index (χ4v) is 2.95. The van der Waals surface area contributed by atoms with Crippen LogP contribution in [0.1, 0.15) is 5.56 Å². The van der Waals surface area contributed by atoms with Crippen molar-refractivity contribution in [3.05, 3.63) is 54.4 Å². The molecule has 26 heavy (non-hydrogen) atoms. The second-order valence-electron chi connectivity index (χ2n) is 6.00. The minimum Gasteiger partial charge on any atom is -0.495 e. The van der Waals surface area contributed by atoms with Gasteiger partial charge in [0.1, 0.15) is 5.75 Å². The van der Waals surface area contributed by atoms with E-state index in [2.05, 4.69) is 15.2 Å². The second kappa shape index (κ2) is 8.33. The third-order valence-corrected chi connectivity index (χ3v) is 4.36. The normalized spacial score (nSPS) is 14.0. The van der Waals surface area contributed by atoms with E-state index in [0.29, 0.717) is 32.7 Å². The molecule has 0 aliphatic carbocycles. The maximum absolute atomic E-state index is 12.3. The Morgan fingerprint density at radius 3 is 2.58 bits per heavy atom. The number of nitrogens with one attached hydrogen (secondary N) is 1. The lowest BCUT2D eigenvalue weighted by atomic mass is 10.2. The van der Waals surface area contributed by atoms with Crippen molar-refractivity contribution in [3.8, 4) is 5.75 Å². The molecule has 0 radical (unpaired) electrons. The van der Waals surface area contributed by atoms with Crippen LogP contribution in [0.4, 0.5) is 5.69 Å². The number of ether oxygens (including phenoxy) is 1. The lowest BCUT2D eigenvalue weighted by molar-refractivity contribution is -0.146. The minimum absolute atomic E-state index is 0.291. The van der Waals surface area contributed by atoms with Gasteiger partial charge in [0, 0.05) is 45.1 Å². The van der Waals surface area contributed by atoms with E-state index in [0.717, 1.165) is 17.0 Å². The predicted molar refractivity (Wildman–Crippen MR) is 97.9 cm³/mol. The van der Waals surface area contributed by atoms with Crippen LogP contribution in [0.2, 0.25) is 0 Å². The van der Waals surface area contributed by atoms with E-state index in [1.807, 2.05) is 30.3 Å². The molecule has 1 fully saturated rings. The van der Waals surface area contributed by atoms with Crippen molar-refractivity contribution in [2.24, 2.45) is 0 Å². The molecule has 0 atom stereocenters. The van der Waals surface area contributed by atoms with Crippen molar-refractivity contribution in [1.82, 2.24) is 15.2 Å². The van der Waals surface area contributed by atoms with Gasteiger partial charge in [0.25, 0.3) is 0 Å². The van der Waals surface area contributed by atoms with E-state index < -0.39 is 11.8 Å². The number of hydrogen-bond acceptors (Lipinski definition) is 5. The van der Waals surface area contributed by atoms with Gasteiger partial charge in [0.05, 0.1) is 12.8 Å². The molecule has 1 aliphatic heterocycles. The molecular weight excluding hydrogens is 332 g/mol. The standard InChI is InChI=1S/C19H22N4O3/c1-26-17-7-3-2-6-16(17)22-9-11-23(12-10-22)19(25)18(24)21-14-15-5-4-8-20-13-15/h2-8,13H,9-12,14H2,1H3,(H,21,24). The van der Waals surface area contributed by atoms with Crippen molar-refractivity contribution in [2.75, 3.05) is 38.2 Å². The van der Waals surface area contributed by atoms with Gasteiger partial charge in [-0.2, -0.15) is 0 Å². The highest BCUT2D eigenvalue weighted by molar-refractivity contribution is 6.35. The van der Waals surface area contributed by atoms with E-state index >= 15 is 0 Å². The molecule has 0 unspecified atom stereocenters. The van der Waals surface area contributed by atoms with Crippen molar-refractivity contribution < 1.29 is 14.3 Å². The third-order valence-electron chi connectivity index (χ3n) is 4.36. The Balaban J connectivity index is 1.52. The Bertz CT molecular complexity index is 758. The lowest BCUT2D eigenvalue weighted by Gasteiger charge is -2.36. The van der Waals surface area contributed by atoms with Gasteiger partial charge < -0.3 is 19.9 Å². The van der Waals surface area contributed by atoms with Gasteiger partial charge in [-0.1, -0.05) is 18.2 Å². The zero-order valence-electron chi connectivity index (χ0n) is 14.7. The number of amides is 2. The third kappa shape index (κ3) is 4.11. The van der Waals surface area contributed by atoms with Crippen molar-refractivity contribution in [1.29, 1.82) is 0 Å². The number of pyridine rings is 1. The fraction of sp³-hybridized carbons (Fsp3) is 0.316. The molecule has 7 nitrogen and oxygen atoms in total. The number of carbonyl (C=O) groups is 2. The van der Waals surface area contributed by atoms with Gasteiger partial charge in [-0.15, -0.1) is 0 Å². The average Bonchev–Trinajstić information content (AvgIpc) is 2.72. The van der Waals surface area contributed by atoms with E-state index in [9.17, 15) is 9.59 Å². The molecule has 7 heteroatoms. The van der Waals surface area contributed by atoms with Gasteiger partial charge in [-0.3, -0.25) is 14.6 Å². The number of para-hydroxylation sites is 2. The quantitative estimate of drug-likeness (QED) is 0.831. The number of benzene rings is 1. The van der Waals surface area contributed by atoms with Crippen molar-refractivity contribution >= 4 is 17.5 Å². The molecule has 0 bridgehead atoms. The molecule has 2 heterocycles. The van der Waals surface area contributed by atoms with E-state index in [-0.39, 0.29) is 0 Å². The average molecular weight is 354 g/mol. The van der Waals surface area contributed by atoms with Crippen molar-refractivity contribution in [2.45, 2.75) is 6.54 Å². The highest BCUT2D eigenvalue weighted by atomic mass is 16.5. The summed E-state index contributed by atoms with van der Waals surface area (Å²) in [6.07, 6.45) is 3.33. The summed E-state index contributed by atoms with van der Waals surface area (Å²) in [7, 11) is 1.64. The Labute approximate surface area is 152 Å². The molecule has 1 N–H and O–H groups in total. The highest BCUT2D eigenvalue weighted by Crippen LogP contribution is 2.28. The molecule has 3 rings (SSSR count). The summed E-state index contributed by atoms with van der Waals surface area (Å²) >= 11 is 0. The smallest absolute Gasteiger partial charge is 0.312 e. The van der Waals surface area contributed by atoms with Crippen LogP contribution in [0.5, 0.6) is 5.75 Å². The highest BCUT2D eigenvalue weighted by Gasteiger charge is 2.26. The molecule has 1 saturated heterocycles. The molecule has 1 aromatic carbocycles. The Morgan fingerprint density at radius 2 is 1.88 bits per heavy atom. The summed E-state index contributed by atoms with van der Waals surface area (Å²) < 4.78 is 5.39. The SMILES string of the molecule is COc1ccccc1N1CCN(C(=O)C(=O)NCc2cccnc2)CC1. The van der Waals surface area contributed by atoms with Crippen LogP contribution in [-0.4, -0.2) is 55.0 Å². The number of aromatic nitrogens is 1. The first kappa shape index (κ1) is 17.7. The number of anilines is 1. The molecule has 0 spiro atoms. The van der Waals surface area contributed by atoms with E-state index in [1.54, 1.807) is 30.5 Å². The maximum Gasteiger partial charge on any atom is 0.312 e. The first-order chi connectivity index (χ1) is 12.7. The van der Waals surface area contributed by atoms with Crippen LogP contribution >= 0.6 is 0 Å². The summed E-state index contributed by atoms with van der Waals surface area (Å²) in [5.74, 6) is -0.269. The Hall–Kier alpha value is -3.09. The molecule has 2 aromatic rings. The number of hydrogen-bond donors (Lipinski definition) is 1. The van der Waals surface area contributed by atoms with Crippen LogP contribution in [0.25, 0.3) is 0 Å². The van der Waals surface area contributed by atoms with Crippen LogP contribution in [0.15, 0.2) is 48.8 Å². The predicted octanol–water partition coefficient (Wildman–Crippen LogP) is 1.06. The largest absolute Gasteiger partial charge is 0.495 e. The van der Waals surface area contributed by atoms with Crippen LogP contribution in [0, 0.1) is 0 Å². The van der Waals surface area contributed by atoms with E-state index in [1.165, 1.54) is 0 Å². The number of nitrogens with zero attached hydrogens (tertiary/aromatic N) is 3. The Morgan fingerprint density at radius 1 is 1.12 bits per heavy atom. The number of carbonyl (C=O) groups excluding carboxylic acids is 2. The Kier molecular flexibility index (Phi) is 5.68. The number of methoxy groups -OCH3 is 1. The maximum atomic E-state index is 12.3. The van der Waals surface area contributed by atoms with Gasteiger partial charge >= 0.3 is 11.8 Å². The first-order valence-corrected chi connectivity index (χ1v) is 8.53. The molecular formula is C19H22N4O3. The zero-order valence-corrected chi connectivity index (χ0v) is 14.7. The van der Waals surface area contributed by atoms with Gasteiger partial charge in [-0.25, -0.2) is 0 Å². The van der Waals surface area contributed by atoms with Crippen molar-refractivity contribution in [3.63, 3.8) is 0 Å². The summed E-state index contributed by atoms with van der Waals surface area (Å²) in [5, 5.41) is 2.65. The minimum atomic E-state index is -0.584. The molecule has 0 saturated carbocycles. The van der Waals surface area contributed by atoms with Crippen LogP contribution in [-0.2, 0) is 16.1 Å². The van der Waals surface area contributed by atoms with Crippen LogP contribution in [0.3, 0.4) is 0 Å². The summed E-state index contributed by atoms with van der Waals surface area (Å²) in [4.78, 5) is 32.2. The number of piperazine rings is 1. The van der Waals surface area contributed by atoms with Crippen LogP contribution < -0.4 is 15.0 Å². The molecule has 1 aromatic heterocycles. The summed E-state index contributed by atoms with van der Waals surface area (Å²) in [6.45, 7) is 2.60. The monoisotopic (exact) mass is 354 g/mol. The lowest BCUT2D eigenvalue weighted by Crippen LogP contribution is -2.52. The summed E-state index contributed by atoms with van der Waals surface area (Å²) in [5.41, 5.74) is 1.86. The molecule has 136 valence electrons. The first-order valence-electron chi connectivity index (χ1n) is 8.53. The second-order valence-corrected chi connectivity index (χ2v) is 6.00. The fourth-order valence-electron chi connectivity index (χ4n) is 2.95. The van der Waals surface area contributed by atoms with Gasteiger partial charge in [0.2, 0.25) is 0 Å². The topological polar surface area (TPSA) is 74.8 Å². The number of rotatable bonds is 4. The molecule has 1 aliphatic rings. The van der Waals surface area contributed by atoms with Gasteiger partial charge in [-0.05, 0) is 23.8 Å². The van der Waals surface area contributed by atoms with E-state index in [4.69, 9.17) is 4.74 Å². The van der Waals surface area contributed by atoms with Gasteiger partial charge in [0.15, 0.2) is 0 Å². The zero-order chi connectivity index (χ0) is 18.4. The summed E-state index contributed by atoms with van der Waals surface area (Å²) in [6, 6.07) is 11.4. The molecule has 2 amide bonds.